The van der Waals surface area contributed by atoms with Gasteiger partial charge in [-0.15, -0.1) is 0 Å². The van der Waals surface area contributed by atoms with Crippen molar-refractivity contribution in [2.45, 2.75) is 11.3 Å². The second kappa shape index (κ2) is 5.10. The quantitative estimate of drug-likeness (QED) is 0.891. The molecule has 0 atom stereocenters. The smallest absolute Gasteiger partial charge is 0.261 e. The Balaban J connectivity index is 1.88. The van der Waals surface area contributed by atoms with Crippen LogP contribution >= 0.6 is 15.9 Å². The topological polar surface area (TPSA) is 58.2 Å². The summed E-state index contributed by atoms with van der Waals surface area (Å²) in [6.45, 7) is 0.901. The van der Waals surface area contributed by atoms with E-state index >= 15 is 0 Å². The molecule has 0 unspecified atom stereocenters. The minimum absolute atomic E-state index is 0.249. The fraction of sp³-hybridized carbons (Fsp3) is 0.143. The highest BCUT2D eigenvalue weighted by atomic mass is 79.9. The highest BCUT2D eigenvalue weighted by Crippen LogP contribution is 2.26. The Morgan fingerprint density at radius 3 is 2.60 bits per heavy atom. The number of rotatable bonds is 3. The van der Waals surface area contributed by atoms with E-state index in [2.05, 4.69) is 26.0 Å². The van der Waals surface area contributed by atoms with Crippen LogP contribution in [0.2, 0.25) is 0 Å². The van der Waals surface area contributed by atoms with Gasteiger partial charge in [0.1, 0.15) is 0 Å². The molecular weight excluding hydrogens is 340 g/mol. The summed E-state index contributed by atoms with van der Waals surface area (Å²) in [5.41, 5.74) is 2.81. The average Bonchev–Trinajstić information content (AvgIpc) is 2.86. The lowest BCUT2D eigenvalue weighted by Crippen LogP contribution is -2.12. The Kier molecular flexibility index (Phi) is 3.43. The maximum absolute atomic E-state index is 12.3. The normalized spacial score (nSPS) is 13.7. The molecule has 20 heavy (non-hydrogen) atoms. The molecule has 0 fully saturated rings. The first-order valence-corrected chi connectivity index (χ1v) is 8.47. The lowest BCUT2D eigenvalue weighted by molar-refractivity contribution is 0.601. The molecule has 2 aromatic carbocycles. The van der Waals surface area contributed by atoms with E-state index in [0.29, 0.717) is 5.69 Å². The van der Waals surface area contributed by atoms with Gasteiger partial charge in [0.25, 0.3) is 10.0 Å². The summed E-state index contributed by atoms with van der Waals surface area (Å²) >= 11 is 3.29. The van der Waals surface area contributed by atoms with E-state index < -0.39 is 10.0 Å². The van der Waals surface area contributed by atoms with Crippen LogP contribution in [-0.4, -0.2) is 15.0 Å². The summed E-state index contributed by atoms with van der Waals surface area (Å²) in [4.78, 5) is 0.249. The maximum Gasteiger partial charge on any atom is 0.261 e. The molecule has 1 aliphatic heterocycles. The van der Waals surface area contributed by atoms with Crippen LogP contribution < -0.4 is 10.0 Å². The molecule has 2 N–H and O–H groups in total. The molecule has 0 amide bonds. The molecule has 0 aromatic heterocycles. The van der Waals surface area contributed by atoms with Gasteiger partial charge in [-0.1, -0.05) is 15.9 Å². The molecule has 1 heterocycles. The van der Waals surface area contributed by atoms with Gasteiger partial charge in [-0.25, -0.2) is 8.42 Å². The molecule has 0 bridgehead atoms. The molecule has 0 saturated heterocycles. The zero-order valence-electron chi connectivity index (χ0n) is 10.6. The van der Waals surface area contributed by atoms with E-state index in [1.165, 1.54) is 0 Å². The SMILES string of the molecule is O=S(=O)(Nc1ccc2c(c1)CCN2)c1ccc(Br)cc1. The zero-order valence-corrected chi connectivity index (χ0v) is 13.0. The fourth-order valence-electron chi connectivity index (χ4n) is 2.20. The number of fused-ring (bicyclic) bond motifs is 1. The Morgan fingerprint density at radius 1 is 1.10 bits per heavy atom. The Morgan fingerprint density at radius 2 is 1.85 bits per heavy atom. The van der Waals surface area contributed by atoms with Crippen molar-refractivity contribution in [2.24, 2.45) is 0 Å². The second-order valence-corrected chi connectivity index (χ2v) is 7.21. The van der Waals surface area contributed by atoms with Gasteiger partial charge < -0.3 is 5.32 Å². The Hall–Kier alpha value is -1.53. The minimum Gasteiger partial charge on any atom is -0.384 e. The van der Waals surface area contributed by atoms with Gasteiger partial charge in [-0.2, -0.15) is 0 Å². The zero-order chi connectivity index (χ0) is 14.2. The van der Waals surface area contributed by atoms with Crippen molar-refractivity contribution in [1.29, 1.82) is 0 Å². The van der Waals surface area contributed by atoms with Crippen LogP contribution in [0, 0.1) is 0 Å². The van der Waals surface area contributed by atoms with Gasteiger partial charge in [-0.3, -0.25) is 4.72 Å². The van der Waals surface area contributed by atoms with Gasteiger partial charge in [-0.05, 0) is 54.4 Å². The third-order valence-electron chi connectivity index (χ3n) is 3.19. The number of benzene rings is 2. The monoisotopic (exact) mass is 352 g/mol. The van der Waals surface area contributed by atoms with Gasteiger partial charge in [0.15, 0.2) is 0 Å². The predicted molar refractivity (Wildman–Crippen MR) is 83.6 cm³/mol. The van der Waals surface area contributed by atoms with E-state index in [1.807, 2.05) is 12.1 Å². The van der Waals surface area contributed by atoms with E-state index in [-0.39, 0.29) is 4.90 Å². The van der Waals surface area contributed by atoms with Crippen molar-refractivity contribution in [2.75, 3.05) is 16.6 Å². The second-order valence-electron chi connectivity index (χ2n) is 4.61. The lowest BCUT2D eigenvalue weighted by atomic mass is 10.1. The number of halogens is 1. The van der Waals surface area contributed by atoms with Crippen molar-refractivity contribution in [3.05, 3.63) is 52.5 Å². The van der Waals surface area contributed by atoms with Crippen molar-refractivity contribution in [3.63, 3.8) is 0 Å². The number of nitrogens with one attached hydrogen (secondary N) is 2. The molecule has 104 valence electrons. The van der Waals surface area contributed by atoms with Crippen LogP contribution in [0.4, 0.5) is 11.4 Å². The summed E-state index contributed by atoms with van der Waals surface area (Å²) in [6, 6.07) is 12.1. The van der Waals surface area contributed by atoms with Crippen LogP contribution in [0.5, 0.6) is 0 Å². The van der Waals surface area contributed by atoms with Gasteiger partial charge in [0.2, 0.25) is 0 Å². The van der Waals surface area contributed by atoms with Crippen LogP contribution in [0.3, 0.4) is 0 Å². The van der Waals surface area contributed by atoms with E-state index in [0.717, 1.165) is 28.7 Å². The summed E-state index contributed by atoms with van der Waals surface area (Å²) in [5, 5.41) is 3.25. The first-order chi connectivity index (χ1) is 9.54. The third kappa shape index (κ3) is 2.66. The van der Waals surface area contributed by atoms with Gasteiger partial charge in [0, 0.05) is 22.4 Å². The Labute approximate surface area is 126 Å². The van der Waals surface area contributed by atoms with Gasteiger partial charge >= 0.3 is 0 Å². The van der Waals surface area contributed by atoms with Gasteiger partial charge in [0.05, 0.1) is 4.90 Å². The first-order valence-electron chi connectivity index (χ1n) is 6.20. The largest absolute Gasteiger partial charge is 0.384 e. The predicted octanol–water partition coefficient (Wildman–Crippen LogP) is 3.22. The third-order valence-corrected chi connectivity index (χ3v) is 5.12. The van der Waals surface area contributed by atoms with Crippen molar-refractivity contribution in [3.8, 4) is 0 Å². The highest BCUT2D eigenvalue weighted by molar-refractivity contribution is 9.10. The standard InChI is InChI=1S/C14H13BrN2O2S/c15-11-1-4-13(5-2-11)20(18,19)17-12-3-6-14-10(9-12)7-8-16-14/h1-6,9,16-17H,7-8H2. The number of hydrogen-bond acceptors (Lipinski definition) is 3. The minimum atomic E-state index is -3.54. The van der Waals surface area contributed by atoms with E-state index in [1.54, 1.807) is 30.3 Å². The van der Waals surface area contributed by atoms with E-state index in [9.17, 15) is 8.42 Å². The van der Waals surface area contributed by atoms with Crippen LogP contribution in [0.25, 0.3) is 0 Å². The number of sulfonamides is 1. The maximum atomic E-state index is 12.3. The summed E-state index contributed by atoms with van der Waals surface area (Å²) in [5.74, 6) is 0. The number of hydrogen-bond donors (Lipinski definition) is 2. The molecule has 0 spiro atoms. The lowest BCUT2D eigenvalue weighted by Gasteiger charge is -2.09. The fourth-order valence-corrected chi connectivity index (χ4v) is 3.51. The molecule has 1 aliphatic rings. The van der Waals surface area contributed by atoms with Crippen LogP contribution in [0.15, 0.2) is 51.8 Å². The Bertz CT molecular complexity index is 742. The summed E-state index contributed by atoms with van der Waals surface area (Å²) in [6.07, 6.45) is 0.920. The van der Waals surface area contributed by atoms with Crippen LogP contribution in [-0.2, 0) is 16.4 Å². The van der Waals surface area contributed by atoms with Crippen molar-refractivity contribution >= 4 is 37.3 Å². The number of anilines is 2. The summed E-state index contributed by atoms with van der Waals surface area (Å²) < 4.78 is 28.0. The molecule has 4 nitrogen and oxygen atoms in total. The van der Waals surface area contributed by atoms with Crippen LogP contribution in [0.1, 0.15) is 5.56 Å². The first kappa shape index (κ1) is 13.5. The summed E-state index contributed by atoms with van der Waals surface area (Å²) in [7, 11) is -3.54. The van der Waals surface area contributed by atoms with Crippen molar-refractivity contribution in [1.82, 2.24) is 0 Å². The average molecular weight is 353 g/mol. The molecule has 3 rings (SSSR count). The van der Waals surface area contributed by atoms with Crippen molar-refractivity contribution < 1.29 is 8.42 Å². The molecule has 0 radical (unpaired) electrons. The molecule has 2 aromatic rings. The molecule has 0 saturated carbocycles. The highest BCUT2D eigenvalue weighted by Gasteiger charge is 2.16. The molecule has 6 heteroatoms. The molecule has 0 aliphatic carbocycles. The van der Waals surface area contributed by atoms with E-state index in [4.69, 9.17) is 0 Å². The molecular formula is C14H13BrN2O2S.